The van der Waals surface area contributed by atoms with Crippen molar-refractivity contribution in [1.29, 1.82) is 0 Å². The summed E-state index contributed by atoms with van der Waals surface area (Å²) in [4.78, 5) is 28.1. The van der Waals surface area contributed by atoms with E-state index in [2.05, 4.69) is 10.3 Å². The zero-order valence-electron chi connectivity index (χ0n) is 14.8. The molecule has 0 aliphatic rings. The summed E-state index contributed by atoms with van der Waals surface area (Å²) in [7, 11) is 0. The number of carbonyl (C=O) groups excluding carboxylic acids is 2. The lowest BCUT2D eigenvalue weighted by Gasteiger charge is -2.21. The van der Waals surface area contributed by atoms with Gasteiger partial charge in [-0.3, -0.25) is 9.59 Å². The molecule has 27 heavy (non-hydrogen) atoms. The van der Waals surface area contributed by atoms with Crippen LogP contribution in [0.1, 0.15) is 12.5 Å². The van der Waals surface area contributed by atoms with Crippen molar-refractivity contribution in [2.45, 2.75) is 13.3 Å². The van der Waals surface area contributed by atoms with Gasteiger partial charge in [0.1, 0.15) is 18.2 Å². The standard InChI is InChI=1S/C20H19F2N3O2/c1-13(26)25(19-7-6-15(21)10-17(19)22)12-20(27)23-9-8-14-11-24-18-5-3-2-4-16(14)18/h2-7,10-11,24H,8-9,12H2,1H3,(H,23,27). The molecule has 3 aromatic rings. The highest BCUT2D eigenvalue weighted by Gasteiger charge is 2.19. The number of nitrogens with one attached hydrogen (secondary N) is 2. The van der Waals surface area contributed by atoms with Crippen molar-refractivity contribution >= 4 is 28.4 Å². The van der Waals surface area contributed by atoms with E-state index in [9.17, 15) is 18.4 Å². The molecule has 0 saturated heterocycles. The number of fused-ring (bicyclic) bond motifs is 1. The van der Waals surface area contributed by atoms with Gasteiger partial charge in [0.15, 0.2) is 0 Å². The molecule has 5 nitrogen and oxygen atoms in total. The highest BCUT2D eigenvalue weighted by molar-refractivity contribution is 5.97. The lowest BCUT2D eigenvalue weighted by Crippen LogP contribution is -2.40. The fourth-order valence-corrected chi connectivity index (χ4v) is 2.94. The Morgan fingerprint density at radius 1 is 1.15 bits per heavy atom. The second-order valence-corrected chi connectivity index (χ2v) is 6.16. The third-order valence-electron chi connectivity index (χ3n) is 4.27. The number of aromatic nitrogens is 1. The Labute approximate surface area is 155 Å². The fraction of sp³-hybridized carbons (Fsp3) is 0.200. The summed E-state index contributed by atoms with van der Waals surface area (Å²) >= 11 is 0. The Kier molecular flexibility index (Phi) is 5.49. The zero-order chi connectivity index (χ0) is 19.4. The van der Waals surface area contributed by atoms with Gasteiger partial charge in [0.2, 0.25) is 11.8 Å². The van der Waals surface area contributed by atoms with Crippen molar-refractivity contribution in [1.82, 2.24) is 10.3 Å². The van der Waals surface area contributed by atoms with E-state index >= 15 is 0 Å². The Balaban J connectivity index is 1.60. The largest absolute Gasteiger partial charge is 0.361 e. The molecule has 2 aromatic carbocycles. The smallest absolute Gasteiger partial charge is 0.240 e. The normalized spacial score (nSPS) is 10.8. The van der Waals surface area contributed by atoms with Gasteiger partial charge < -0.3 is 15.2 Å². The maximum atomic E-state index is 13.9. The number of rotatable bonds is 6. The van der Waals surface area contributed by atoms with Crippen molar-refractivity contribution in [3.63, 3.8) is 0 Å². The number of carbonyl (C=O) groups is 2. The number of aromatic amines is 1. The minimum atomic E-state index is -0.892. The van der Waals surface area contributed by atoms with Crippen LogP contribution in [-0.2, 0) is 16.0 Å². The maximum absolute atomic E-state index is 13.9. The van der Waals surface area contributed by atoms with Crippen LogP contribution in [0.5, 0.6) is 0 Å². The van der Waals surface area contributed by atoms with Crippen molar-refractivity contribution in [2.75, 3.05) is 18.0 Å². The minimum Gasteiger partial charge on any atom is -0.361 e. The van der Waals surface area contributed by atoms with Crippen LogP contribution in [0, 0.1) is 11.6 Å². The summed E-state index contributed by atoms with van der Waals surface area (Å²) in [5.41, 5.74) is 1.96. The average molecular weight is 371 g/mol. The molecule has 0 saturated carbocycles. The molecule has 2 amide bonds. The summed E-state index contributed by atoms with van der Waals surface area (Å²) in [5.74, 6) is -2.57. The van der Waals surface area contributed by atoms with E-state index in [-0.39, 0.29) is 12.2 Å². The van der Waals surface area contributed by atoms with E-state index in [0.29, 0.717) is 19.0 Å². The number of H-pyrrole nitrogens is 1. The van der Waals surface area contributed by atoms with E-state index in [1.165, 1.54) is 6.92 Å². The summed E-state index contributed by atoms with van der Waals surface area (Å²) in [6, 6.07) is 10.7. The number of amides is 2. The lowest BCUT2D eigenvalue weighted by molar-refractivity contribution is -0.123. The predicted molar refractivity (Wildman–Crippen MR) is 99.4 cm³/mol. The molecule has 0 radical (unpaired) electrons. The van der Waals surface area contributed by atoms with Crippen LogP contribution in [0.25, 0.3) is 10.9 Å². The molecule has 7 heteroatoms. The molecule has 1 aromatic heterocycles. The van der Waals surface area contributed by atoms with Gasteiger partial charge in [0.25, 0.3) is 0 Å². The van der Waals surface area contributed by atoms with Gasteiger partial charge >= 0.3 is 0 Å². The number of nitrogens with zero attached hydrogens (tertiary/aromatic N) is 1. The summed E-state index contributed by atoms with van der Waals surface area (Å²) in [6.45, 7) is 1.26. The molecule has 0 atom stereocenters. The van der Waals surface area contributed by atoms with Gasteiger partial charge in [0.05, 0.1) is 5.69 Å². The zero-order valence-corrected chi connectivity index (χ0v) is 14.8. The van der Waals surface area contributed by atoms with Crippen molar-refractivity contribution < 1.29 is 18.4 Å². The van der Waals surface area contributed by atoms with Crippen LogP contribution in [0.3, 0.4) is 0 Å². The predicted octanol–water partition coefficient (Wildman–Crippen LogP) is 3.16. The number of hydrogen-bond donors (Lipinski definition) is 2. The van der Waals surface area contributed by atoms with E-state index in [0.717, 1.165) is 33.5 Å². The SMILES string of the molecule is CC(=O)N(CC(=O)NCCc1c[nH]c2ccccc12)c1ccc(F)cc1F. The summed E-state index contributed by atoms with van der Waals surface area (Å²) < 4.78 is 27.0. The second kappa shape index (κ2) is 7.99. The van der Waals surface area contributed by atoms with Crippen molar-refractivity contribution in [3.05, 3.63) is 65.9 Å². The molecule has 0 spiro atoms. The highest BCUT2D eigenvalue weighted by atomic mass is 19.1. The first-order chi connectivity index (χ1) is 13.0. The Bertz CT molecular complexity index is 984. The first-order valence-corrected chi connectivity index (χ1v) is 8.50. The van der Waals surface area contributed by atoms with Crippen molar-refractivity contribution in [2.24, 2.45) is 0 Å². The quantitative estimate of drug-likeness (QED) is 0.699. The summed E-state index contributed by atoms with van der Waals surface area (Å²) in [6.07, 6.45) is 2.51. The monoisotopic (exact) mass is 371 g/mol. The van der Waals surface area contributed by atoms with Crippen LogP contribution in [0.4, 0.5) is 14.5 Å². The maximum Gasteiger partial charge on any atom is 0.240 e. The van der Waals surface area contributed by atoms with Crippen LogP contribution >= 0.6 is 0 Å². The fourth-order valence-electron chi connectivity index (χ4n) is 2.94. The summed E-state index contributed by atoms with van der Waals surface area (Å²) in [5, 5.41) is 3.82. The Morgan fingerprint density at radius 3 is 2.67 bits per heavy atom. The molecule has 0 bridgehead atoms. The lowest BCUT2D eigenvalue weighted by atomic mass is 10.1. The Morgan fingerprint density at radius 2 is 1.93 bits per heavy atom. The molecule has 1 heterocycles. The van der Waals surface area contributed by atoms with E-state index in [1.807, 2.05) is 30.5 Å². The second-order valence-electron chi connectivity index (χ2n) is 6.16. The molecular weight excluding hydrogens is 352 g/mol. The third-order valence-corrected chi connectivity index (χ3v) is 4.27. The number of benzene rings is 2. The minimum absolute atomic E-state index is 0.129. The topological polar surface area (TPSA) is 65.2 Å². The molecule has 0 unspecified atom stereocenters. The van der Waals surface area contributed by atoms with E-state index in [1.54, 1.807) is 0 Å². The number of hydrogen-bond acceptors (Lipinski definition) is 2. The molecule has 140 valence electrons. The average Bonchev–Trinajstić information content (AvgIpc) is 3.03. The van der Waals surface area contributed by atoms with E-state index in [4.69, 9.17) is 0 Å². The van der Waals surface area contributed by atoms with E-state index < -0.39 is 23.4 Å². The van der Waals surface area contributed by atoms with Gasteiger partial charge in [-0.05, 0) is 30.2 Å². The number of para-hydroxylation sites is 1. The van der Waals surface area contributed by atoms with Gasteiger partial charge in [-0.15, -0.1) is 0 Å². The van der Waals surface area contributed by atoms with Gasteiger partial charge in [0, 0.05) is 36.6 Å². The third kappa shape index (κ3) is 4.31. The van der Waals surface area contributed by atoms with Gasteiger partial charge in [-0.2, -0.15) is 0 Å². The molecule has 0 fully saturated rings. The van der Waals surface area contributed by atoms with Crippen LogP contribution in [0.2, 0.25) is 0 Å². The highest BCUT2D eigenvalue weighted by Crippen LogP contribution is 2.20. The molecule has 0 aliphatic carbocycles. The Hall–Kier alpha value is -3.22. The van der Waals surface area contributed by atoms with Crippen LogP contribution in [0.15, 0.2) is 48.7 Å². The number of anilines is 1. The van der Waals surface area contributed by atoms with Gasteiger partial charge in [-0.25, -0.2) is 8.78 Å². The van der Waals surface area contributed by atoms with Crippen molar-refractivity contribution in [3.8, 4) is 0 Å². The first-order valence-electron chi connectivity index (χ1n) is 8.50. The van der Waals surface area contributed by atoms with Crippen LogP contribution in [-0.4, -0.2) is 29.9 Å². The molecule has 0 aliphatic heterocycles. The number of halogens is 2. The molecular formula is C20H19F2N3O2. The van der Waals surface area contributed by atoms with Crippen LogP contribution < -0.4 is 10.2 Å². The van der Waals surface area contributed by atoms with Gasteiger partial charge in [-0.1, -0.05) is 18.2 Å². The molecule has 2 N–H and O–H groups in total. The molecule has 3 rings (SSSR count). The first kappa shape index (κ1) is 18.6.